The lowest BCUT2D eigenvalue weighted by Gasteiger charge is -2.18. The lowest BCUT2D eigenvalue weighted by molar-refractivity contribution is 0.940. The van der Waals surface area contributed by atoms with E-state index in [2.05, 4.69) is 5.32 Å². The Bertz CT molecular complexity index is 213. The van der Waals surface area contributed by atoms with Crippen LogP contribution in [-0.4, -0.2) is 10.3 Å². The molecule has 0 amide bonds. The molecule has 62 valence electrons. The smallest absolute Gasteiger partial charge is 0.218 e. The fourth-order valence-corrected chi connectivity index (χ4v) is 1.59. The predicted octanol–water partition coefficient (Wildman–Crippen LogP) is 2.97. The van der Waals surface area contributed by atoms with E-state index >= 15 is 0 Å². The van der Waals surface area contributed by atoms with Gasteiger partial charge in [-0.25, -0.2) is 0 Å². The van der Waals surface area contributed by atoms with Crippen molar-refractivity contribution in [3.8, 4) is 0 Å². The number of halogens is 4. The van der Waals surface area contributed by atoms with Gasteiger partial charge in [0, 0.05) is 23.4 Å². The Morgan fingerprint density at radius 1 is 1.36 bits per heavy atom. The van der Waals surface area contributed by atoms with Crippen molar-refractivity contribution in [1.82, 2.24) is 5.32 Å². The highest BCUT2D eigenvalue weighted by Crippen LogP contribution is 2.40. The highest BCUT2D eigenvalue weighted by molar-refractivity contribution is 6.70. The Balaban J connectivity index is 2.87. The van der Waals surface area contributed by atoms with Gasteiger partial charge in [0.15, 0.2) is 0 Å². The zero-order chi connectivity index (χ0) is 8.48. The van der Waals surface area contributed by atoms with Gasteiger partial charge in [0.1, 0.15) is 0 Å². The molecule has 11 heavy (non-hydrogen) atoms. The second kappa shape index (κ2) is 3.44. The predicted molar refractivity (Wildman–Crippen MR) is 50.3 cm³/mol. The highest BCUT2D eigenvalue weighted by atomic mass is 35.6. The van der Waals surface area contributed by atoms with Crippen molar-refractivity contribution >= 4 is 46.4 Å². The fraction of sp³-hybridized carbons (Fsp3) is 0.333. The molecule has 0 unspecified atom stereocenters. The highest BCUT2D eigenvalue weighted by Gasteiger charge is 2.28. The molecule has 0 bridgehead atoms. The van der Waals surface area contributed by atoms with Crippen molar-refractivity contribution in [2.75, 3.05) is 6.54 Å². The van der Waals surface area contributed by atoms with E-state index in [4.69, 9.17) is 46.4 Å². The Morgan fingerprint density at radius 3 is 2.36 bits per heavy atom. The molecule has 1 N–H and O–H groups in total. The Labute approximate surface area is 84.9 Å². The van der Waals surface area contributed by atoms with Gasteiger partial charge >= 0.3 is 0 Å². The largest absolute Gasteiger partial charge is 0.387 e. The van der Waals surface area contributed by atoms with Crippen molar-refractivity contribution in [1.29, 1.82) is 0 Å². The van der Waals surface area contributed by atoms with Gasteiger partial charge in [-0.15, -0.1) is 0 Å². The maximum Gasteiger partial charge on any atom is 0.218 e. The van der Waals surface area contributed by atoms with E-state index in [0.29, 0.717) is 17.2 Å². The number of hydrogen-bond acceptors (Lipinski definition) is 1. The van der Waals surface area contributed by atoms with E-state index in [-0.39, 0.29) is 0 Å². The summed E-state index contributed by atoms with van der Waals surface area (Å²) >= 11 is 22.6. The van der Waals surface area contributed by atoms with Gasteiger partial charge in [-0.3, -0.25) is 0 Å². The van der Waals surface area contributed by atoms with Crippen LogP contribution in [0.4, 0.5) is 0 Å². The molecule has 0 fully saturated rings. The molecule has 1 rings (SSSR count). The van der Waals surface area contributed by atoms with Crippen molar-refractivity contribution in [2.24, 2.45) is 0 Å². The average molecular weight is 233 g/mol. The van der Waals surface area contributed by atoms with E-state index in [1.807, 2.05) is 0 Å². The van der Waals surface area contributed by atoms with Crippen molar-refractivity contribution in [3.63, 3.8) is 0 Å². The summed E-state index contributed by atoms with van der Waals surface area (Å²) in [5.74, 6) is 0. The summed E-state index contributed by atoms with van der Waals surface area (Å²) < 4.78 is -1.44. The van der Waals surface area contributed by atoms with Gasteiger partial charge in [-0.05, 0) is 6.08 Å². The standard InChI is InChI=1S/C6H5Cl4N/c7-5-1-2-11-3-4(5)6(8,9)10/h1,3,11H,2H2. The lowest BCUT2D eigenvalue weighted by Crippen LogP contribution is -2.18. The summed E-state index contributed by atoms with van der Waals surface area (Å²) in [6, 6.07) is 0. The summed E-state index contributed by atoms with van der Waals surface area (Å²) in [6.07, 6.45) is 3.36. The van der Waals surface area contributed by atoms with Gasteiger partial charge in [0.05, 0.1) is 0 Å². The molecular formula is C6H5Cl4N. The second-order valence-electron chi connectivity index (χ2n) is 2.02. The van der Waals surface area contributed by atoms with E-state index in [1.54, 1.807) is 12.3 Å². The van der Waals surface area contributed by atoms with Crippen LogP contribution in [0.1, 0.15) is 0 Å². The molecule has 0 aromatic rings. The molecular weight excluding hydrogens is 228 g/mol. The minimum Gasteiger partial charge on any atom is -0.387 e. The third-order valence-corrected chi connectivity index (χ3v) is 2.18. The van der Waals surface area contributed by atoms with E-state index in [1.165, 1.54) is 0 Å². The van der Waals surface area contributed by atoms with Gasteiger partial charge in [0.2, 0.25) is 3.79 Å². The number of rotatable bonds is 0. The Morgan fingerprint density at radius 2 is 2.00 bits per heavy atom. The summed E-state index contributed by atoms with van der Waals surface area (Å²) in [6.45, 7) is 0.670. The molecule has 0 aromatic heterocycles. The van der Waals surface area contributed by atoms with Gasteiger partial charge < -0.3 is 5.32 Å². The molecule has 0 saturated carbocycles. The van der Waals surface area contributed by atoms with Gasteiger partial charge in [0.25, 0.3) is 0 Å². The first kappa shape index (κ1) is 9.53. The Hall–Kier alpha value is 0.440. The normalized spacial score (nSPS) is 18.5. The summed E-state index contributed by atoms with van der Waals surface area (Å²) in [5.41, 5.74) is 0.482. The maximum absolute atomic E-state index is 5.77. The zero-order valence-electron chi connectivity index (χ0n) is 5.37. The molecule has 0 atom stereocenters. The average Bonchev–Trinajstić information content (AvgIpc) is 1.86. The third kappa shape index (κ3) is 2.45. The molecule has 1 aliphatic rings. The van der Waals surface area contributed by atoms with Crippen LogP contribution in [0.25, 0.3) is 0 Å². The van der Waals surface area contributed by atoms with Crippen LogP contribution in [-0.2, 0) is 0 Å². The first-order valence-electron chi connectivity index (χ1n) is 2.88. The minimum atomic E-state index is -1.44. The number of nitrogens with one attached hydrogen (secondary N) is 1. The zero-order valence-corrected chi connectivity index (χ0v) is 8.40. The molecule has 0 spiro atoms. The summed E-state index contributed by atoms with van der Waals surface area (Å²) in [4.78, 5) is 0. The summed E-state index contributed by atoms with van der Waals surface area (Å²) in [7, 11) is 0. The SMILES string of the molecule is ClC1=CCNC=C1C(Cl)(Cl)Cl. The van der Waals surface area contributed by atoms with Crippen LogP contribution in [0.3, 0.4) is 0 Å². The molecule has 5 heteroatoms. The van der Waals surface area contributed by atoms with E-state index < -0.39 is 3.79 Å². The fourth-order valence-electron chi connectivity index (χ4n) is 0.706. The maximum atomic E-state index is 5.77. The molecule has 0 aliphatic carbocycles. The molecule has 0 saturated heterocycles. The second-order valence-corrected chi connectivity index (χ2v) is 4.70. The van der Waals surface area contributed by atoms with Crippen LogP contribution < -0.4 is 5.32 Å². The number of alkyl halides is 3. The summed E-state index contributed by atoms with van der Waals surface area (Å²) in [5, 5.41) is 3.39. The third-order valence-electron chi connectivity index (χ3n) is 1.21. The van der Waals surface area contributed by atoms with Gasteiger partial charge in [-0.2, -0.15) is 0 Å². The lowest BCUT2D eigenvalue weighted by atomic mass is 10.2. The molecule has 0 aromatic carbocycles. The molecule has 1 heterocycles. The van der Waals surface area contributed by atoms with Crippen molar-refractivity contribution < 1.29 is 0 Å². The first-order valence-corrected chi connectivity index (χ1v) is 4.40. The van der Waals surface area contributed by atoms with E-state index in [0.717, 1.165) is 0 Å². The van der Waals surface area contributed by atoms with Crippen LogP contribution in [0, 0.1) is 0 Å². The first-order chi connectivity index (χ1) is 5.02. The number of allylic oxidation sites excluding steroid dienone is 2. The van der Waals surface area contributed by atoms with Crippen molar-refractivity contribution in [3.05, 3.63) is 22.9 Å². The Kier molecular flexibility index (Phi) is 2.98. The van der Waals surface area contributed by atoms with Crippen molar-refractivity contribution in [2.45, 2.75) is 3.79 Å². The molecule has 1 aliphatic heterocycles. The van der Waals surface area contributed by atoms with E-state index in [9.17, 15) is 0 Å². The quantitative estimate of drug-likeness (QED) is 0.634. The molecule has 0 radical (unpaired) electrons. The number of hydrogen-bond donors (Lipinski definition) is 1. The van der Waals surface area contributed by atoms with Gasteiger partial charge in [-0.1, -0.05) is 46.4 Å². The van der Waals surface area contributed by atoms with Crippen LogP contribution in [0.2, 0.25) is 0 Å². The van der Waals surface area contributed by atoms with Crippen LogP contribution >= 0.6 is 46.4 Å². The monoisotopic (exact) mass is 231 g/mol. The molecule has 1 nitrogen and oxygen atoms in total. The topological polar surface area (TPSA) is 12.0 Å². The number of dihydropyridines is 1. The van der Waals surface area contributed by atoms with Crippen LogP contribution in [0.5, 0.6) is 0 Å². The van der Waals surface area contributed by atoms with Crippen LogP contribution in [0.15, 0.2) is 22.9 Å². The minimum absolute atomic E-state index is 0.482.